The maximum atomic E-state index is 13.4. The van der Waals surface area contributed by atoms with Gasteiger partial charge in [-0.05, 0) is 50.2 Å². The Balaban J connectivity index is 1.57. The third-order valence-corrected chi connectivity index (χ3v) is 9.24. The van der Waals surface area contributed by atoms with E-state index in [4.69, 9.17) is 4.74 Å². The summed E-state index contributed by atoms with van der Waals surface area (Å²) < 4.78 is 72.6. The molecule has 1 fully saturated rings. The standard InChI is InChI=1S/C24H24F3N3O5S2/c1-23(2)21(22(31)29-32)30(11-12-36-23)37(33,34)17-9-7-16(8-10-17)35-14-15-13-20(24(25,26)27)28-19-6-4-3-5-18(15)19/h3-10,13,21,32H,11-12,14H2,1-2H3,(H,29,31)/t21-/m0/s1. The van der Waals surface area contributed by atoms with Crippen LogP contribution in [0.2, 0.25) is 0 Å². The van der Waals surface area contributed by atoms with Gasteiger partial charge in [0.2, 0.25) is 10.0 Å². The second-order valence-electron chi connectivity index (χ2n) is 8.89. The second-order valence-corrected chi connectivity index (χ2v) is 12.5. The molecule has 8 nitrogen and oxygen atoms in total. The number of pyridine rings is 1. The lowest BCUT2D eigenvalue weighted by Crippen LogP contribution is -2.61. The molecule has 1 aromatic heterocycles. The van der Waals surface area contributed by atoms with Crippen molar-refractivity contribution in [3.63, 3.8) is 0 Å². The molecule has 1 amide bonds. The molecule has 4 rings (SSSR count). The number of thioether (sulfide) groups is 1. The highest BCUT2D eigenvalue weighted by Gasteiger charge is 2.48. The molecular formula is C24H24F3N3O5S2. The second kappa shape index (κ2) is 10.1. The van der Waals surface area contributed by atoms with Crippen LogP contribution in [0.3, 0.4) is 0 Å². The number of hydrogen-bond acceptors (Lipinski definition) is 7. The number of amides is 1. The summed E-state index contributed by atoms with van der Waals surface area (Å²) >= 11 is 1.42. The fraction of sp³-hybridized carbons (Fsp3) is 0.333. The Bertz CT molecular complexity index is 1410. The monoisotopic (exact) mass is 555 g/mol. The van der Waals surface area contributed by atoms with Crippen LogP contribution in [0.5, 0.6) is 5.75 Å². The van der Waals surface area contributed by atoms with Gasteiger partial charge in [0.15, 0.2) is 0 Å². The number of carbonyl (C=O) groups is 1. The summed E-state index contributed by atoms with van der Waals surface area (Å²) in [4.78, 5) is 15.9. The molecule has 37 heavy (non-hydrogen) atoms. The number of aromatic nitrogens is 1. The minimum Gasteiger partial charge on any atom is -0.489 e. The van der Waals surface area contributed by atoms with Crippen LogP contribution < -0.4 is 10.2 Å². The zero-order valence-electron chi connectivity index (χ0n) is 19.8. The molecule has 0 saturated carbocycles. The fourth-order valence-electron chi connectivity index (χ4n) is 4.24. The number of sulfonamides is 1. The number of nitrogens with zero attached hydrogens (tertiary/aromatic N) is 2. The number of carbonyl (C=O) groups excluding carboxylic acids is 1. The number of para-hydroxylation sites is 1. The molecule has 1 saturated heterocycles. The van der Waals surface area contributed by atoms with E-state index in [0.717, 1.165) is 10.4 Å². The largest absolute Gasteiger partial charge is 0.489 e. The number of fused-ring (bicyclic) bond motifs is 1. The van der Waals surface area contributed by atoms with Crippen molar-refractivity contribution in [2.75, 3.05) is 12.3 Å². The number of nitrogens with one attached hydrogen (secondary N) is 1. The van der Waals surface area contributed by atoms with Crippen molar-refractivity contribution < 1.29 is 36.3 Å². The Labute approximate surface area is 215 Å². The van der Waals surface area contributed by atoms with Gasteiger partial charge in [-0.25, -0.2) is 18.9 Å². The van der Waals surface area contributed by atoms with Gasteiger partial charge in [-0.3, -0.25) is 10.0 Å². The van der Waals surface area contributed by atoms with Crippen LogP contribution in [-0.4, -0.2) is 51.9 Å². The average molecular weight is 556 g/mol. The van der Waals surface area contributed by atoms with Gasteiger partial charge in [0, 0.05) is 28.0 Å². The maximum absolute atomic E-state index is 13.4. The summed E-state index contributed by atoms with van der Waals surface area (Å²) in [5.74, 6) is -0.126. The maximum Gasteiger partial charge on any atom is 0.433 e. The van der Waals surface area contributed by atoms with E-state index < -0.39 is 38.6 Å². The molecule has 0 spiro atoms. The van der Waals surface area contributed by atoms with Gasteiger partial charge in [-0.2, -0.15) is 29.2 Å². The van der Waals surface area contributed by atoms with Crippen LogP contribution in [0, 0.1) is 0 Å². The van der Waals surface area contributed by atoms with E-state index in [0.29, 0.717) is 11.1 Å². The molecule has 0 radical (unpaired) electrons. The summed E-state index contributed by atoms with van der Waals surface area (Å²) in [7, 11) is -4.11. The lowest BCUT2D eigenvalue weighted by molar-refractivity contribution is -0.141. The molecule has 198 valence electrons. The first-order chi connectivity index (χ1) is 17.3. The molecule has 0 bridgehead atoms. The summed E-state index contributed by atoms with van der Waals surface area (Å²) in [5.41, 5.74) is 0.986. The third-order valence-electron chi connectivity index (χ3n) is 6.01. The van der Waals surface area contributed by atoms with E-state index in [1.807, 2.05) is 0 Å². The lowest BCUT2D eigenvalue weighted by atomic mass is 10.0. The van der Waals surface area contributed by atoms with Crippen molar-refractivity contribution in [2.45, 2.75) is 42.3 Å². The predicted octanol–water partition coefficient (Wildman–Crippen LogP) is 4.22. The lowest BCUT2D eigenvalue weighted by Gasteiger charge is -2.43. The van der Waals surface area contributed by atoms with Gasteiger partial charge in [0.05, 0.1) is 10.4 Å². The predicted molar refractivity (Wildman–Crippen MR) is 132 cm³/mol. The van der Waals surface area contributed by atoms with E-state index in [1.165, 1.54) is 42.1 Å². The quantitative estimate of drug-likeness (QED) is 0.346. The van der Waals surface area contributed by atoms with Crippen molar-refractivity contribution in [3.05, 3.63) is 65.9 Å². The molecule has 1 aliphatic rings. The molecule has 2 aromatic carbocycles. The van der Waals surface area contributed by atoms with Gasteiger partial charge in [0.1, 0.15) is 24.1 Å². The summed E-state index contributed by atoms with van der Waals surface area (Å²) in [5, 5.41) is 9.69. The summed E-state index contributed by atoms with van der Waals surface area (Å²) in [6, 6.07) is 11.6. The number of benzene rings is 2. The molecule has 2 heterocycles. The summed E-state index contributed by atoms with van der Waals surface area (Å²) in [6.07, 6.45) is -4.62. The summed E-state index contributed by atoms with van der Waals surface area (Å²) in [6.45, 7) is 3.32. The molecule has 1 atom stereocenters. The Kier molecular flexibility index (Phi) is 7.43. The van der Waals surface area contributed by atoms with E-state index in [2.05, 4.69) is 4.98 Å². The van der Waals surface area contributed by atoms with Crippen LogP contribution in [-0.2, 0) is 27.6 Å². The fourth-order valence-corrected chi connectivity index (χ4v) is 7.34. The third kappa shape index (κ3) is 5.54. The SMILES string of the molecule is CC1(C)SCCN(S(=O)(=O)c2ccc(OCc3cc(C(F)(F)F)nc4ccccc34)cc2)[C@H]1C(=O)NO. The van der Waals surface area contributed by atoms with Crippen molar-refractivity contribution in [3.8, 4) is 5.75 Å². The van der Waals surface area contributed by atoms with Gasteiger partial charge in [0.25, 0.3) is 5.91 Å². The van der Waals surface area contributed by atoms with E-state index in [-0.39, 0.29) is 34.9 Å². The number of hydrogen-bond donors (Lipinski definition) is 2. The van der Waals surface area contributed by atoms with Crippen molar-refractivity contribution in [1.29, 1.82) is 0 Å². The van der Waals surface area contributed by atoms with E-state index >= 15 is 0 Å². The first-order valence-electron chi connectivity index (χ1n) is 11.1. The Morgan fingerprint density at radius 1 is 1.22 bits per heavy atom. The molecule has 0 aliphatic carbocycles. The van der Waals surface area contributed by atoms with Crippen molar-refractivity contribution in [1.82, 2.24) is 14.8 Å². The van der Waals surface area contributed by atoms with Crippen LogP contribution in [0.1, 0.15) is 25.1 Å². The molecular weight excluding hydrogens is 531 g/mol. The average Bonchev–Trinajstić information content (AvgIpc) is 2.85. The van der Waals surface area contributed by atoms with Crippen molar-refractivity contribution >= 4 is 38.6 Å². The van der Waals surface area contributed by atoms with Crippen molar-refractivity contribution in [2.24, 2.45) is 0 Å². The number of ether oxygens (including phenoxy) is 1. The highest BCUT2D eigenvalue weighted by atomic mass is 32.2. The highest BCUT2D eigenvalue weighted by Crippen LogP contribution is 2.38. The Hall–Kier alpha value is -2.87. The topological polar surface area (TPSA) is 109 Å². The minimum atomic E-state index is -4.62. The van der Waals surface area contributed by atoms with Gasteiger partial charge < -0.3 is 4.74 Å². The van der Waals surface area contributed by atoms with Crippen LogP contribution in [0.4, 0.5) is 13.2 Å². The molecule has 1 aliphatic heterocycles. The molecule has 2 N–H and O–H groups in total. The number of hydroxylamine groups is 1. The van der Waals surface area contributed by atoms with E-state index in [1.54, 1.807) is 37.5 Å². The van der Waals surface area contributed by atoms with Crippen LogP contribution >= 0.6 is 11.8 Å². The van der Waals surface area contributed by atoms with Gasteiger partial charge >= 0.3 is 6.18 Å². The zero-order chi connectivity index (χ0) is 27.0. The normalized spacial score (nSPS) is 18.5. The zero-order valence-corrected chi connectivity index (χ0v) is 21.5. The number of alkyl halides is 3. The smallest absolute Gasteiger partial charge is 0.433 e. The van der Waals surface area contributed by atoms with Crippen LogP contribution in [0.15, 0.2) is 59.5 Å². The van der Waals surface area contributed by atoms with Crippen LogP contribution in [0.25, 0.3) is 10.9 Å². The van der Waals surface area contributed by atoms with Gasteiger partial charge in [-0.15, -0.1) is 0 Å². The first kappa shape index (κ1) is 27.2. The Morgan fingerprint density at radius 2 is 1.89 bits per heavy atom. The van der Waals surface area contributed by atoms with E-state index in [9.17, 15) is 31.6 Å². The minimum absolute atomic E-state index is 0.0728. The van der Waals surface area contributed by atoms with Gasteiger partial charge in [-0.1, -0.05) is 18.2 Å². The number of rotatable bonds is 6. The molecule has 0 unspecified atom stereocenters. The Morgan fingerprint density at radius 3 is 2.54 bits per heavy atom. The molecule has 13 heteroatoms. The number of halogens is 3. The first-order valence-corrected chi connectivity index (χ1v) is 13.6. The highest BCUT2D eigenvalue weighted by molar-refractivity contribution is 8.01. The molecule has 3 aromatic rings.